The van der Waals surface area contributed by atoms with Gasteiger partial charge in [0.1, 0.15) is 5.82 Å². The summed E-state index contributed by atoms with van der Waals surface area (Å²) < 4.78 is 13.1. The third kappa shape index (κ3) is 3.49. The number of thioether (sulfide) groups is 2. The van der Waals surface area contributed by atoms with E-state index >= 15 is 0 Å². The molecule has 0 N–H and O–H groups in total. The zero-order valence-electron chi connectivity index (χ0n) is 9.74. The second-order valence-electron chi connectivity index (χ2n) is 4.15. The van der Waals surface area contributed by atoms with Crippen LogP contribution < -0.4 is 0 Å². The van der Waals surface area contributed by atoms with Gasteiger partial charge in [-0.1, -0.05) is 6.07 Å². The van der Waals surface area contributed by atoms with E-state index in [-0.39, 0.29) is 16.9 Å². The summed E-state index contributed by atoms with van der Waals surface area (Å²) in [5.41, 5.74) is 1.82. The Balaban J connectivity index is 2.04. The van der Waals surface area contributed by atoms with Gasteiger partial charge in [-0.15, -0.1) is 11.8 Å². The molecule has 1 fully saturated rings. The summed E-state index contributed by atoms with van der Waals surface area (Å²) in [7, 11) is 0. The van der Waals surface area contributed by atoms with Crippen molar-refractivity contribution in [3.8, 4) is 0 Å². The number of aryl methyl sites for hydroxylation is 1. The molecule has 0 aliphatic carbocycles. The fraction of sp³-hybridized carbons (Fsp3) is 0.462. The molecule has 1 unspecified atom stereocenters. The lowest BCUT2D eigenvalue weighted by atomic mass is 10.0. The van der Waals surface area contributed by atoms with Gasteiger partial charge in [0.05, 0.1) is 5.25 Å². The molecule has 0 aromatic heterocycles. The van der Waals surface area contributed by atoms with E-state index in [2.05, 4.69) is 0 Å². The minimum atomic E-state index is -0.260. The van der Waals surface area contributed by atoms with Gasteiger partial charge in [0.15, 0.2) is 5.78 Å². The Morgan fingerprint density at radius 3 is 3.00 bits per heavy atom. The Morgan fingerprint density at radius 2 is 2.29 bits per heavy atom. The number of rotatable bonds is 3. The van der Waals surface area contributed by atoms with E-state index in [1.807, 2.05) is 18.7 Å². The Kier molecular flexibility index (Phi) is 4.51. The number of halogens is 1. The number of carbonyl (C=O) groups is 1. The minimum absolute atomic E-state index is 0.0939. The Labute approximate surface area is 110 Å². The first-order valence-electron chi connectivity index (χ1n) is 5.64. The van der Waals surface area contributed by atoms with Crippen molar-refractivity contribution >= 4 is 29.3 Å². The zero-order valence-corrected chi connectivity index (χ0v) is 11.4. The summed E-state index contributed by atoms with van der Waals surface area (Å²) in [5, 5.41) is 0.0939. The van der Waals surface area contributed by atoms with Gasteiger partial charge < -0.3 is 0 Å². The summed E-state index contributed by atoms with van der Waals surface area (Å²) in [6, 6.07) is 4.66. The molecular formula is C13H15FOS2. The molecule has 0 bridgehead atoms. The molecule has 1 aromatic carbocycles. The maximum atomic E-state index is 13.1. The van der Waals surface area contributed by atoms with Crippen LogP contribution in [0.3, 0.4) is 0 Å². The topological polar surface area (TPSA) is 17.1 Å². The molecule has 2 rings (SSSR count). The van der Waals surface area contributed by atoms with Crippen LogP contribution in [0.2, 0.25) is 0 Å². The highest BCUT2D eigenvalue weighted by Crippen LogP contribution is 2.26. The first-order valence-corrected chi connectivity index (χ1v) is 7.84. The number of benzene rings is 1. The summed E-state index contributed by atoms with van der Waals surface area (Å²) in [5.74, 6) is 3.05. The number of carbonyl (C=O) groups excluding carboxylic acids is 1. The van der Waals surface area contributed by atoms with E-state index in [0.29, 0.717) is 6.42 Å². The third-order valence-corrected chi connectivity index (χ3v) is 5.65. The number of hydrogen-bond donors (Lipinski definition) is 0. The molecule has 0 saturated carbocycles. The lowest BCUT2D eigenvalue weighted by molar-refractivity contribution is -0.117. The molecule has 1 heterocycles. The van der Waals surface area contributed by atoms with E-state index in [0.717, 1.165) is 28.4 Å². The summed E-state index contributed by atoms with van der Waals surface area (Å²) >= 11 is 3.57. The molecule has 1 atom stereocenters. The maximum Gasteiger partial charge on any atom is 0.151 e. The Hall–Kier alpha value is -0.480. The van der Waals surface area contributed by atoms with Gasteiger partial charge in [0, 0.05) is 23.7 Å². The minimum Gasteiger partial charge on any atom is -0.298 e. The lowest BCUT2D eigenvalue weighted by Crippen LogP contribution is -2.26. The highest BCUT2D eigenvalue weighted by atomic mass is 32.2. The Morgan fingerprint density at radius 1 is 1.47 bits per heavy atom. The lowest BCUT2D eigenvalue weighted by Gasteiger charge is -2.20. The van der Waals surface area contributed by atoms with Crippen molar-refractivity contribution in [1.82, 2.24) is 0 Å². The molecule has 1 saturated heterocycles. The molecule has 1 aliphatic heterocycles. The Bertz CT molecular complexity index is 414. The van der Waals surface area contributed by atoms with E-state index in [4.69, 9.17) is 0 Å². The highest BCUT2D eigenvalue weighted by Gasteiger charge is 2.22. The van der Waals surface area contributed by atoms with Gasteiger partial charge >= 0.3 is 0 Å². The molecule has 0 amide bonds. The molecule has 0 radical (unpaired) electrons. The quantitative estimate of drug-likeness (QED) is 0.840. The van der Waals surface area contributed by atoms with Crippen LogP contribution in [0.25, 0.3) is 0 Å². The summed E-state index contributed by atoms with van der Waals surface area (Å²) in [6.45, 7) is 1.92. The van der Waals surface area contributed by atoms with Gasteiger partial charge in [0.25, 0.3) is 0 Å². The van der Waals surface area contributed by atoms with E-state index in [1.165, 1.54) is 12.1 Å². The standard InChI is InChI=1S/C13H15FOS2/c1-9-2-3-11(14)6-10(9)7-12(15)13-8-16-4-5-17-13/h2-3,6,13H,4-5,7-8H2,1H3. The average molecular weight is 270 g/mol. The van der Waals surface area contributed by atoms with Gasteiger partial charge in [-0.2, -0.15) is 11.8 Å². The summed E-state index contributed by atoms with van der Waals surface area (Å²) in [4.78, 5) is 12.1. The predicted molar refractivity (Wildman–Crippen MR) is 73.4 cm³/mol. The van der Waals surface area contributed by atoms with Crippen molar-refractivity contribution in [2.24, 2.45) is 0 Å². The summed E-state index contributed by atoms with van der Waals surface area (Å²) in [6.07, 6.45) is 0.363. The number of hydrogen-bond acceptors (Lipinski definition) is 3. The van der Waals surface area contributed by atoms with Crippen LogP contribution in [0.15, 0.2) is 18.2 Å². The molecule has 4 heteroatoms. The average Bonchev–Trinajstić information content (AvgIpc) is 2.35. The van der Waals surface area contributed by atoms with Crippen LogP contribution in [-0.4, -0.2) is 28.3 Å². The fourth-order valence-electron chi connectivity index (χ4n) is 1.81. The third-order valence-electron chi connectivity index (χ3n) is 2.85. The SMILES string of the molecule is Cc1ccc(F)cc1CC(=O)C1CSCCS1. The molecule has 1 aliphatic rings. The smallest absolute Gasteiger partial charge is 0.151 e. The van der Waals surface area contributed by atoms with Crippen LogP contribution in [0.5, 0.6) is 0 Å². The van der Waals surface area contributed by atoms with Crippen molar-refractivity contribution in [3.63, 3.8) is 0 Å². The van der Waals surface area contributed by atoms with Gasteiger partial charge in [-0.05, 0) is 30.2 Å². The van der Waals surface area contributed by atoms with E-state index in [1.54, 1.807) is 17.8 Å². The highest BCUT2D eigenvalue weighted by molar-refractivity contribution is 8.07. The molecule has 1 nitrogen and oxygen atoms in total. The second kappa shape index (κ2) is 5.91. The molecule has 92 valence electrons. The van der Waals surface area contributed by atoms with Gasteiger partial charge in [0.2, 0.25) is 0 Å². The van der Waals surface area contributed by atoms with Crippen LogP contribution >= 0.6 is 23.5 Å². The molecule has 1 aromatic rings. The van der Waals surface area contributed by atoms with E-state index < -0.39 is 0 Å². The fourth-order valence-corrected chi connectivity index (χ4v) is 4.46. The van der Waals surface area contributed by atoms with Crippen LogP contribution in [0, 0.1) is 12.7 Å². The van der Waals surface area contributed by atoms with Gasteiger partial charge in [-0.25, -0.2) is 4.39 Å². The second-order valence-corrected chi connectivity index (χ2v) is 6.61. The number of ketones is 1. The molecule has 17 heavy (non-hydrogen) atoms. The monoisotopic (exact) mass is 270 g/mol. The van der Waals surface area contributed by atoms with Crippen LogP contribution in [0.4, 0.5) is 4.39 Å². The first kappa shape index (κ1) is 13.0. The predicted octanol–water partition coefficient (Wildman–Crippen LogP) is 3.09. The van der Waals surface area contributed by atoms with Crippen LogP contribution in [-0.2, 0) is 11.2 Å². The van der Waals surface area contributed by atoms with E-state index in [9.17, 15) is 9.18 Å². The normalized spacial score (nSPS) is 20.2. The zero-order chi connectivity index (χ0) is 12.3. The van der Waals surface area contributed by atoms with Crippen molar-refractivity contribution in [3.05, 3.63) is 35.1 Å². The maximum absolute atomic E-state index is 13.1. The van der Waals surface area contributed by atoms with Gasteiger partial charge in [-0.3, -0.25) is 4.79 Å². The molecule has 0 spiro atoms. The van der Waals surface area contributed by atoms with Crippen molar-refractivity contribution in [2.45, 2.75) is 18.6 Å². The van der Waals surface area contributed by atoms with Crippen LogP contribution in [0.1, 0.15) is 11.1 Å². The largest absolute Gasteiger partial charge is 0.298 e. The number of Topliss-reactive ketones (excluding diaryl/α,β-unsaturated/α-hetero) is 1. The van der Waals surface area contributed by atoms with Crippen molar-refractivity contribution < 1.29 is 9.18 Å². The molecular weight excluding hydrogens is 255 g/mol. The van der Waals surface area contributed by atoms with Crippen molar-refractivity contribution in [2.75, 3.05) is 17.3 Å². The van der Waals surface area contributed by atoms with Crippen molar-refractivity contribution in [1.29, 1.82) is 0 Å². The first-order chi connectivity index (χ1) is 8.16.